The Kier molecular flexibility index (Phi) is 2.68. The van der Waals surface area contributed by atoms with Crippen LogP contribution in [0.2, 0.25) is 5.28 Å². The van der Waals surface area contributed by atoms with Crippen LogP contribution < -0.4 is 0 Å². The molecule has 2 aromatic rings. The minimum absolute atomic E-state index is 0.256. The van der Waals surface area contributed by atoms with Crippen molar-refractivity contribution in [3.05, 3.63) is 35.5 Å². The molecule has 4 nitrogen and oxygen atoms in total. The van der Waals surface area contributed by atoms with Crippen LogP contribution in [-0.2, 0) is 0 Å². The maximum Gasteiger partial charge on any atom is 0.224 e. The zero-order chi connectivity index (χ0) is 10.8. The summed E-state index contributed by atoms with van der Waals surface area (Å²) in [5, 5.41) is 4.35. The largest absolute Gasteiger partial charge is 0.224 e. The van der Waals surface area contributed by atoms with E-state index in [4.69, 9.17) is 11.6 Å². The fourth-order valence-corrected chi connectivity index (χ4v) is 1.42. The Bertz CT molecular complexity index is 450. The van der Waals surface area contributed by atoms with E-state index in [1.165, 1.54) is 0 Å². The lowest BCUT2D eigenvalue weighted by Crippen LogP contribution is -2.03. The maximum absolute atomic E-state index is 5.85. The molecule has 0 aliphatic heterocycles. The van der Waals surface area contributed by atoms with Crippen LogP contribution in [0.5, 0.6) is 0 Å². The molecule has 2 heterocycles. The fourth-order valence-electron chi connectivity index (χ4n) is 1.24. The van der Waals surface area contributed by atoms with Crippen LogP contribution in [0.1, 0.15) is 25.5 Å². The Morgan fingerprint density at radius 3 is 2.73 bits per heavy atom. The number of halogens is 1. The van der Waals surface area contributed by atoms with E-state index in [9.17, 15) is 0 Å². The van der Waals surface area contributed by atoms with Gasteiger partial charge in [0.15, 0.2) is 5.82 Å². The van der Waals surface area contributed by atoms with Gasteiger partial charge in [-0.2, -0.15) is 10.1 Å². The molecule has 0 unspecified atom stereocenters. The molecule has 2 rings (SSSR count). The molecular weight excluding hydrogens is 212 g/mol. The van der Waals surface area contributed by atoms with E-state index < -0.39 is 0 Å². The van der Waals surface area contributed by atoms with E-state index in [-0.39, 0.29) is 5.28 Å². The highest BCUT2D eigenvalue weighted by molar-refractivity contribution is 6.28. The lowest BCUT2D eigenvalue weighted by Gasteiger charge is -2.07. The summed E-state index contributed by atoms with van der Waals surface area (Å²) in [7, 11) is 0. The SMILES string of the molecule is CC(C)c1cc(-n2cccn2)nc(Cl)n1. The first-order chi connectivity index (χ1) is 7.16. The fraction of sp³-hybridized carbons (Fsp3) is 0.300. The van der Waals surface area contributed by atoms with Crippen LogP contribution >= 0.6 is 11.6 Å². The summed E-state index contributed by atoms with van der Waals surface area (Å²) in [6, 6.07) is 3.73. The quantitative estimate of drug-likeness (QED) is 0.733. The first-order valence-electron chi connectivity index (χ1n) is 4.71. The summed E-state index contributed by atoms with van der Waals surface area (Å²) in [4.78, 5) is 8.27. The van der Waals surface area contributed by atoms with Crippen molar-refractivity contribution >= 4 is 11.6 Å². The predicted molar refractivity (Wildman–Crippen MR) is 58.3 cm³/mol. The van der Waals surface area contributed by atoms with Gasteiger partial charge >= 0.3 is 0 Å². The van der Waals surface area contributed by atoms with Crippen molar-refractivity contribution in [2.45, 2.75) is 19.8 Å². The zero-order valence-corrected chi connectivity index (χ0v) is 9.31. The van der Waals surface area contributed by atoms with Gasteiger partial charge in [0, 0.05) is 18.5 Å². The van der Waals surface area contributed by atoms with Crippen LogP contribution in [0.25, 0.3) is 5.82 Å². The molecule has 0 saturated carbocycles. The summed E-state index contributed by atoms with van der Waals surface area (Å²) in [6.07, 6.45) is 3.52. The van der Waals surface area contributed by atoms with Gasteiger partial charge < -0.3 is 0 Å². The lowest BCUT2D eigenvalue weighted by atomic mass is 10.1. The van der Waals surface area contributed by atoms with Crippen molar-refractivity contribution in [3.8, 4) is 5.82 Å². The van der Waals surface area contributed by atoms with Crippen molar-refractivity contribution in [1.82, 2.24) is 19.7 Å². The van der Waals surface area contributed by atoms with E-state index in [0.29, 0.717) is 11.7 Å². The highest BCUT2D eigenvalue weighted by Gasteiger charge is 2.07. The van der Waals surface area contributed by atoms with Crippen molar-refractivity contribution in [2.75, 3.05) is 0 Å². The van der Waals surface area contributed by atoms with Gasteiger partial charge in [-0.05, 0) is 23.6 Å². The number of hydrogen-bond donors (Lipinski definition) is 0. The highest BCUT2D eigenvalue weighted by Crippen LogP contribution is 2.16. The maximum atomic E-state index is 5.85. The monoisotopic (exact) mass is 222 g/mol. The smallest absolute Gasteiger partial charge is 0.223 e. The Morgan fingerprint density at radius 2 is 2.13 bits per heavy atom. The molecule has 0 aliphatic rings. The molecule has 0 saturated heterocycles. The van der Waals surface area contributed by atoms with Crippen molar-refractivity contribution in [3.63, 3.8) is 0 Å². The standard InChI is InChI=1S/C10H11ClN4/c1-7(2)8-6-9(14-10(11)13-8)15-5-3-4-12-15/h3-7H,1-2H3. The van der Waals surface area contributed by atoms with Crippen LogP contribution in [-0.4, -0.2) is 19.7 Å². The van der Waals surface area contributed by atoms with Crippen molar-refractivity contribution in [2.24, 2.45) is 0 Å². The second kappa shape index (κ2) is 3.98. The van der Waals surface area contributed by atoms with Gasteiger partial charge in [-0.1, -0.05) is 13.8 Å². The third-order valence-electron chi connectivity index (χ3n) is 2.04. The second-order valence-corrected chi connectivity index (χ2v) is 3.86. The molecule has 2 aromatic heterocycles. The molecule has 0 N–H and O–H groups in total. The number of aromatic nitrogens is 4. The van der Waals surface area contributed by atoms with Gasteiger partial charge in [-0.3, -0.25) is 0 Å². The van der Waals surface area contributed by atoms with Crippen LogP contribution in [0.15, 0.2) is 24.5 Å². The highest BCUT2D eigenvalue weighted by atomic mass is 35.5. The minimum Gasteiger partial charge on any atom is -0.223 e. The number of hydrogen-bond acceptors (Lipinski definition) is 3. The number of nitrogens with zero attached hydrogens (tertiary/aromatic N) is 4. The first kappa shape index (κ1) is 10.1. The van der Waals surface area contributed by atoms with Gasteiger partial charge in [0.05, 0.1) is 5.69 Å². The Morgan fingerprint density at radius 1 is 1.33 bits per heavy atom. The van der Waals surface area contributed by atoms with Crippen LogP contribution in [0, 0.1) is 0 Å². The minimum atomic E-state index is 0.256. The average molecular weight is 223 g/mol. The van der Waals surface area contributed by atoms with E-state index in [1.807, 2.05) is 18.3 Å². The molecule has 15 heavy (non-hydrogen) atoms. The summed E-state index contributed by atoms with van der Waals surface area (Å²) >= 11 is 5.85. The Balaban J connectivity index is 2.49. The van der Waals surface area contributed by atoms with Gasteiger partial charge in [0.1, 0.15) is 0 Å². The molecule has 78 valence electrons. The van der Waals surface area contributed by atoms with Gasteiger partial charge in [0.25, 0.3) is 0 Å². The van der Waals surface area contributed by atoms with E-state index in [1.54, 1.807) is 10.9 Å². The predicted octanol–water partition coefficient (Wildman–Crippen LogP) is 2.44. The Labute approximate surface area is 92.9 Å². The van der Waals surface area contributed by atoms with Gasteiger partial charge in [0.2, 0.25) is 5.28 Å². The Hall–Kier alpha value is -1.42. The van der Waals surface area contributed by atoms with Crippen molar-refractivity contribution < 1.29 is 0 Å². The topological polar surface area (TPSA) is 43.6 Å². The van der Waals surface area contributed by atoms with Gasteiger partial charge in [-0.15, -0.1) is 0 Å². The van der Waals surface area contributed by atoms with Gasteiger partial charge in [-0.25, -0.2) is 9.67 Å². The second-order valence-electron chi connectivity index (χ2n) is 3.53. The molecule has 0 bridgehead atoms. The molecule has 0 amide bonds. The summed E-state index contributed by atoms with van der Waals surface area (Å²) < 4.78 is 1.67. The third kappa shape index (κ3) is 2.15. The molecule has 0 spiro atoms. The van der Waals surface area contributed by atoms with E-state index >= 15 is 0 Å². The normalized spacial score (nSPS) is 10.9. The van der Waals surface area contributed by atoms with Crippen LogP contribution in [0.4, 0.5) is 0 Å². The summed E-state index contributed by atoms with van der Waals surface area (Å²) in [5.41, 5.74) is 0.917. The number of rotatable bonds is 2. The van der Waals surface area contributed by atoms with E-state index in [2.05, 4.69) is 28.9 Å². The summed E-state index contributed by atoms with van der Waals surface area (Å²) in [5.74, 6) is 1.02. The molecular formula is C10H11ClN4. The zero-order valence-electron chi connectivity index (χ0n) is 8.55. The first-order valence-corrected chi connectivity index (χ1v) is 5.09. The van der Waals surface area contributed by atoms with Crippen LogP contribution in [0.3, 0.4) is 0 Å². The van der Waals surface area contributed by atoms with E-state index in [0.717, 1.165) is 5.69 Å². The molecule has 0 radical (unpaired) electrons. The molecule has 0 aromatic carbocycles. The molecule has 0 aliphatic carbocycles. The van der Waals surface area contributed by atoms with Crippen molar-refractivity contribution in [1.29, 1.82) is 0 Å². The molecule has 5 heteroatoms. The molecule has 0 atom stereocenters. The summed E-state index contributed by atoms with van der Waals surface area (Å²) in [6.45, 7) is 4.12. The average Bonchev–Trinajstić information content (AvgIpc) is 2.69. The lowest BCUT2D eigenvalue weighted by molar-refractivity contribution is 0.784. The molecule has 0 fully saturated rings. The third-order valence-corrected chi connectivity index (χ3v) is 2.20.